The minimum Gasteiger partial charge on any atom is -0.304 e. The SMILES string of the molecule is O=C(Cl)c1ccc(-c2cccs2)n(C2CCCC2)c1=O. The van der Waals surface area contributed by atoms with E-state index in [9.17, 15) is 9.59 Å². The van der Waals surface area contributed by atoms with Gasteiger partial charge in [0.25, 0.3) is 10.8 Å². The molecule has 2 aromatic rings. The van der Waals surface area contributed by atoms with Crippen LogP contribution in [0.4, 0.5) is 0 Å². The first-order valence-electron chi connectivity index (χ1n) is 6.67. The molecule has 0 N–H and O–H groups in total. The average Bonchev–Trinajstić information content (AvgIpc) is 3.11. The van der Waals surface area contributed by atoms with Gasteiger partial charge < -0.3 is 4.57 Å². The average molecular weight is 308 g/mol. The third-order valence-electron chi connectivity index (χ3n) is 3.79. The van der Waals surface area contributed by atoms with Gasteiger partial charge in [-0.25, -0.2) is 0 Å². The molecule has 0 radical (unpaired) electrons. The molecule has 1 aliphatic rings. The Balaban J connectivity index is 2.22. The van der Waals surface area contributed by atoms with Crippen LogP contribution in [-0.4, -0.2) is 9.81 Å². The van der Waals surface area contributed by atoms with Crippen LogP contribution >= 0.6 is 22.9 Å². The highest BCUT2D eigenvalue weighted by atomic mass is 35.5. The van der Waals surface area contributed by atoms with Gasteiger partial charge >= 0.3 is 0 Å². The van der Waals surface area contributed by atoms with E-state index in [2.05, 4.69) is 0 Å². The maximum Gasteiger partial charge on any atom is 0.263 e. The number of halogens is 1. The van der Waals surface area contributed by atoms with Crippen LogP contribution < -0.4 is 5.56 Å². The molecule has 2 aromatic heterocycles. The fraction of sp³-hybridized carbons (Fsp3) is 0.333. The van der Waals surface area contributed by atoms with E-state index in [4.69, 9.17) is 11.6 Å². The summed E-state index contributed by atoms with van der Waals surface area (Å²) in [5.74, 6) is 0. The lowest BCUT2D eigenvalue weighted by atomic mass is 10.1. The predicted molar refractivity (Wildman–Crippen MR) is 81.7 cm³/mol. The highest BCUT2D eigenvalue weighted by Gasteiger charge is 2.23. The zero-order valence-corrected chi connectivity index (χ0v) is 12.4. The van der Waals surface area contributed by atoms with Crippen molar-refractivity contribution in [2.75, 3.05) is 0 Å². The molecule has 0 unspecified atom stereocenters. The van der Waals surface area contributed by atoms with Crippen molar-refractivity contribution in [2.45, 2.75) is 31.7 Å². The fourth-order valence-electron chi connectivity index (χ4n) is 2.85. The Kier molecular flexibility index (Phi) is 3.76. The van der Waals surface area contributed by atoms with Crippen LogP contribution in [-0.2, 0) is 0 Å². The predicted octanol–water partition coefficient (Wildman–Crippen LogP) is 4.07. The van der Waals surface area contributed by atoms with Crippen molar-refractivity contribution in [1.29, 1.82) is 0 Å². The second-order valence-corrected chi connectivity index (χ2v) is 6.29. The van der Waals surface area contributed by atoms with E-state index < -0.39 is 5.24 Å². The van der Waals surface area contributed by atoms with Crippen LogP contribution in [0.25, 0.3) is 10.6 Å². The first-order chi connectivity index (χ1) is 9.68. The van der Waals surface area contributed by atoms with E-state index in [1.807, 2.05) is 23.6 Å². The first-order valence-corrected chi connectivity index (χ1v) is 7.93. The Hall–Kier alpha value is -1.39. The number of pyridine rings is 1. The number of carbonyl (C=O) groups excluding carboxylic acids is 1. The largest absolute Gasteiger partial charge is 0.304 e. The topological polar surface area (TPSA) is 39.1 Å². The molecule has 0 atom stereocenters. The molecule has 1 saturated carbocycles. The van der Waals surface area contributed by atoms with Crippen LogP contribution in [0.15, 0.2) is 34.4 Å². The van der Waals surface area contributed by atoms with E-state index >= 15 is 0 Å². The van der Waals surface area contributed by atoms with Gasteiger partial charge in [0.1, 0.15) is 0 Å². The third-order valence-corrected chi connectivity index (χ3v) is 4.89. The highest BCUT2D eigenvalue weighted by molar-refractivity contribution is 7.13. The summed E-state index contributed by atoms with van der Waals surface area (Å²) in [7, 11) is 0. The number of hydrogen-bond acceptors (Lipinski definition) is 3. The van der Waals surface area contributed by atoms with Gasteiger partial charge in [0.05, 0.1) is 16.1 Å². The molecule has 20 heavy (non-hydrogen) atoms. The molecule has 0 amide bonds. The van der Waals surface area contributed by atoms with E-state index in [0.717, 1.165) is 36.3 Å². The molecule has 1 aliphatic carbocycles. The summed E-state index contributed by atoms with van der Waals surface area (Å²) in [5, 5.41) is 1.30. The Morgan fingerprint density at radius 1 is 1.25 bits per heavy atom. The zero-order valence-electron chi connectivity index (χ0n) is 10.8. The lowest BCUT2D eigenvalue weighted by molar-refractivity contribution is 0.107. The van der Waals surface area contributed by atoms with Crippen molar-refractivity contribution in [3.05, 3.63) is 45.6 Å². The van der Waals surface area contributed by atoms with Gasteiger partial charge in [0.15, 0.2) is 0 Å². The van der Waals surface area contributed by atoms with Gasteiger partial charge in [-0.3, -0.25) is 9.59 Å². The van der Waals surface area contributed by atoms with Crippen molar-refractivity contribution in [3.63, 3.8) is 0 Å². The van der Waals surface area contributed by atoms with Crippen LogP contribution in [0.5, 0.6) is 0 Å². The molecule has 3 rings (SSSR count). The molecule has 0 aliphatic heterocycles. The van der Waals surface area contributed by atoms with Gasteiger partial charge in [-0.1, -0.05) is 18.9 Å². The van der Waals surface area contributed by atoms with E-state index in [0.29, 0.717) is 0 Å². The lowest BCUT2D eigenvalue weighted by Crippen LogP contribution is -2.28. The normalized spacial score (nSPS) is 15.7. The van der Waals surface area contributed by atoms with Gasteiger partial charge in [0.2, 0.25) is 0 Å². The van der Waals surface area contributed by atoms with E-state index in [-0.39, 0.29) is 17.2 Å². The molecule has 0 bridgehead atoms. The molecule has 1 fully saturated rings. The lowest BCUT2D eigenvalue weighted by Gasteiger charge is -2.19. The fourth-order valence-corrected chi connectivity index (χ4v) is 3.74. The number of thiophene rings is 1. The summed E-state index contributed by atoms with van der Waals surface area (Å²) in [5.41, 5.74) is 0.695. The Labute approximate surface area is 125 Å². The Morgan fingerprint density at radius 2 is 2.00 bits per heavy atom. The smallest absolute Gasteiger partial charge is 0.263 e. The third kappa shape index (κ3) is 2.34. The maximum absolute atomic E-state index is 12.6. The molecular weight excluding hydrogens is 294 g/mol. The van der Waals surface area contributed by atoms with Gasteiger partial charge in [0, 0.05) is 6.04 Å². The molecule has 0 aromatic carbocycles. The Bertz CT molecular complexity index is 684. The second-order valence-electron chi connectivity index (χ2n) is 5.00. The molecule has 0 spiro atoms. The minimum absolute atomic E-state index is 0.0684. The van der Waals surface area contributed by atoms with E-state index in [1.165, 1.54) is 6.07 Å². The maximum atomic E-state index is 12.6. The summed E-state index contributed by atoms with van der Waals surface area (Å²) >= 11 is 7.11. The summed E-state index contributed by atoms with van der Waals surface area (Å²) < 4.78 is 1.77. The standard InChI is InChI=1S/C15H14ClNO2S/c16-14(18)11-7-8-12(13-6-3-9-20-13)17(15(11)19)10-4-1-2-5-10/h3,6-10H,1-2,4-5H2. The van der Waals surface area contributed by atoms with Gasteiger partial charge in [-0.05, 0) is 48.0 Å². The quantitative estimate of drug-likeness (QED) is 0.802. The number of aromatic nitrogens is 1. The summed E-state index contributed by atoms with van der Waals surface area (Å²) in [6.07, 6.45) is 4.22. The summed E-state index contributed by atoms with van der Waals surface area (Å²) in [4.78, 5) is 25.0. The highest BCUT2D eigenvalue weighted by Crippen LogP contribution is 2.33. The molecule has 2 heterocycles. The van der Waals surface area contributed by atoms with Gasteiger partial charge in [-0.15, -0.1) is 11.3 Å². The number of rotatable bonds is 3. The molecule has 0 saturated heterocycles. The van der Waals surface area contributed by atoms with Crippen LogP contribution in [0.2, 0.25) is 0 Å². The summed E-state index contributed by atoms with van der Waals surface area (Å²) in [6.45, 7) is 0. The van der Waals surface area contributed by atoms with Crippen molar-refractivity contribution in [2.24, 2.45) is 0 Å². The van der Waals surface area contributed by atoms with Crippen molar-refractivity contribution >= 4 is 28.2 Å². The number of hydrogen-bond donors (Lipinski definition) is 0. The molecule has 104 valence electrons. The minimum atomic E-state index is -0.681. The summed E-state index contributed by atoms with van der Waals surface area (Å²) in [6, 6.07) is 7.51. The number of nitrogens with zero attached hydrogens (tertiary/aromatic N) is 1. The van der Waals surface area contributed by atoms with Crippen LogP contribution in [0.3, 0.4) is 0 Å². The first kappa shape index (κ1) is 13.6. The second kappa shape index (κ2) is 5.54. The van der Waals surface area contributed by atoms with E-state index in [1.54, 1.807) is 15.9 Å². The van der Waals surface area contributed by atoms with Crippen LogP contribution in [0, 0.1) is 0 Å². The zero-order chi connectivity index (χ0) is 14.1. The number of carbonyl (C=O) groups is 1. The van der Waals surface area contributed by atoms with Gasteiger partial charge in [-0.2, -0.15) is 0 Å². The van der Waals surface area contributed by atoms with Crippen molar-refractivity contribution in [1.82, 2.24) is 4.57 Å². The molecule has 3 nitrogen and oxygen atoms in total. The van der Waals surface area contributed by atoms with Crippen LogP contribution in [0.1, 0.15) is 42.1 Å². The monoisotopic (exact) mass is 307 g/mol. The van der Waals surface area contributed by atoms with Crippen molar-refractivity contribution < 1.29 is 4.79 Å². The molecule has 5 heteroatoms. The Morgan fingerprint density at radius 3 is 2.60 bits per heavy atom. The van der Waals surface area contributed by atoms with Crippen molar-refractivity contribution in [3.8, 4) is 10.6 Å². The molecular formula is C15H14ClNO2S.